The van der Waals surface area contributed by atoms with Crippen LogP contribution in [0.1, 0.15) is 33.6 Å². The molecule has 4 heteroatoms. The molecule has 0 spiro atoms. The fourth-order valence-corrected chi connectivity index (χ4v) is 0.912. The average molecular weight is 198 g/mol. The number of aliphatic hydroxyl groups excluding tert-OH is 1. The quantitative estimate of drug-likeness (QED) is 0.686. The van der Waals surface area contributed by atoms with Crippen LogP contribution in [0.3, 0.4) is 0 Å². The maximum Gasteiger partial charge on any atom is 0.240 e. The van der Waals surface area contributed by atoms with E-state index in [9.17, 15) is 4.79 Å². The van der Waals surface area contributed by atoms with Crippen LogP contribution < -0.4 is 5.32 Å². The lowest BCUT2D eigenvalue weighted by Gasteiger charge is -2.22. The Morgan fingerprint density at radius 3 is 2.50 bits per heavy atom. The van der Waals surface area contributed by atoms with Crippen LogP contribution in [0, 0.1) is 16.7 Å². The minimum absolute atomic E-state index is 0.0898. The molecule has 0 aromatic heterocycles. The van der Waals surface area contributed by atoms with Crippen molar-refractivity contribution in [2.24, 2.45) is 5.41 Å². The van der Waals surface area contributed by atoms with Crippen LogP contribution in [0.15, 0.2) is 0 Å². The van der Waals surface area contributed by atoms with Crippen LogP contribution in [0.25, 0.3) is 0 Å². The number of aliphatic hydroxyl groups is 1. The molecule has 0 aromatic carbocycles. The summed E-state index contributed by atoms with van der Waals surface area (Å²) in [7, 11) is 0. The summed E-state index contributed by atoms with van der Waals surface area (Å²) in [5, 5.41) is 20.4. The zero-order valence-electron chi connectivity index (χ0n) is 9.00. The lowest BCUT2D eigenvalue weighted by molar-refractivity contribution is -0.128. The summed E-state index contributed by atoms with van der Waals surface area (Å²) in [5.41, 5.74) is -0.984. The second kappa shape index (κ2) is 5.61. The maximum absolute atomic E-state index is 11.6. The lowest BCUT2D eigenvalue weighted by atomic mass is 9.88. The number of carbonyl (C=O) groups is 1. The predicted molar refractivity (Wildman–Crippen MR) is 53.3 cm³/mol. The maximum atomic E-state index is 11.6. The highest BCUT2D eigenvalue weighted by molar-refractivity contribution is 5.85. The smallest absolute Gasteiger partial charge is 0.240 e. The molecule has 0 aliphatic heterocycles. The van der Waals surface area contributed by atoms with Crippen molar-refractivity contribution in [2.75, 3.05) is 6.61 Å². The molecule has 1 amide bonds. The summed E-state index contributed by atoms with van der Waals surface area (Å²) in [5.74, 6) is -0.302. The Kier molecular flexibility index (Phi) is 5.18. The Morgan fingerprint density at radius 1 is 1.64 bits per heavy atom. The molecule has 0 rings (SSSR count). The molecule has 0 heterocycles. The molecule has 0 saturated carbocycles. The van der Waals surface area contributed by atoms with Gasteiger partial charge < -0.3 is 10.4 Å². The fourth-order valence-electron chi connectivity index (χ4n) is 0.912. The largest absolute Gasteiger partial charge is 0.394 e. The molecule has 14 heavy (non-hydrogen) atoms. The first-order valence-electron chi connectivity index (χ1n) is 4.87. The van der Waals surface area contributed by atoms with Crippen molar-refractivity contribution < 1.29 is 9.90 Å². The summed E-state index contributed by atoms with van der Waals surface area (Å²) in [6, 6.07) is 1.74. The van der Waals surface area contributed by atoms with E-state index in [-0.39, 0.29) is 18.6 Å². The first kappa shape index (κ1) is 12.9. The van der Waals surface area contributed by atoms with E-state index in [0.717, 1.165) is 0 Å². The fraction of sp³-hybridized carbons (Fsp3) is 0.800. The molecule has 4 nitrogen and oxygen atoms in total. The molecule has 0 saturated heterocycles. The minimum atomic E-state index is -0.984. The molecule has 0 fully saturated rings. The van der Waals surface area contributed by atoms with Gasteiger partial charge in [-0.1, -0.05) is 13.8 Å². The second-order valence-electron chi connectivity index (χ2n) is 3.56. The van der Waals surface area contributed by atoms with Crippen LogP contribution in [0.4, 0.5) is 0 Å². The highest BCUT2D eigenvalue weighted by Gasteiger charge is 2.32. The molecule has 1 unspecified atom stereocenters. The SMILES string of the molecule is CC[C@@H](CO)NC(=O)C(C)(C#N)CC. The number of nitriles is 1. The highest BCUT2D eigenvalue weighted by atomic mass is 16.3. The second-order valence-corrected chi connectivity index (χ2v) is 3.56. The van der Waals surface area contributed by atoms with Gasteiger partial charge in [-0.3, -0.25) is 4.79 Å². The van der Waals surface area contributed by atoms with Gasteiger partial charge in [-0.25, -0.2) is 0 Å². The van der Waals surface area contributed by atoms with E-state index in [1.54, 1.807) is 13.8 Å². The van der Waals surface area contributed by atoms with E-state index in [1.165, 1.54) is 0 Å². The first-order valence-corrected chi connectivity index (χ1v) is 4.87. The van der Waals surface area contributed by atoms with Gasteiger partial charge in [0, 0.05) is 0 Å². The van der Waals surface area contributed by atoms with Gasteiger partial charge in [0.1, 0.15) is 5.41 Å². The highest BCUT2D eigenvalue weighted by Crippen LogP contribution is 2.19. The number of carbonyl (C=O) groups excluding carboxylic acids is 1. The van der Waals surface area contributed by atoms with Gasteiger partial charge in [-0.15, -0.1) is 0 Å². The van der Waals surface area contributed by atoms with Crippen molar-refractivity contribution in [3.63, 3.8) is 0 Å². The van der Waals surface area contributed by atoms with Crippen molar-refractivity contribution in [1.29, 1.82) is 5.26 Å². The minimum Gasteiger partial charge on any atom is -0.394 e. The topological polar surface area (TPSA) is 73.1 Å². The van der Waals surface area contributed by atoms with E-state index >= 15 is 0 Å². The summed E-state index contributed by atoms with van der Waals surface area (Å²) in [4.78, 5) is 11.6. The summed E-state index contributed by atoms with van der Waals surface area (Å²) >= 11 is 0. The van der Waals surface area contributed by atoms with E-state index in [2.05, 4.69) is 5.32 Å². The van der Waals surface area contributed by atoms with Crippen LogP contribution in [-0.4, -0.2) is 23.7 Å². The van der Waals surface area contributed by atoms with E-state index in [4.69, 9.17) is 10.4 Å². The number of nitrogens with one attached hydrogen (secondary N) is 1. The number of hydrogen-bond acceptors (Lipinski definition) is 3. The van der Waals surface area contributed by atoms with E-state index in [0.29, 0.717) is 12.8 Å². The van der Waals surface area contributed by atoms with Crippen LogP contribution in [0.5, 0.6) is 0 Å². The van der Waals surface area contributed by atoms with Crippen molar-refractivity contribution in [3.05, 3.63) is 0 Å². The zero-order valence-corrected chi connectivity index (χ0v) is 9.00. The molecule has 0 aromatic rings. The Hall–Kier alpha value is -1.08. The van der Waals surface area contributed by atoms with Crippen LogP contribution in [-0.2, 0) is 4.79 Å². The Balaban J connectivity index is 4.40. The average Bonchev–Trinajstić information content (AvgIpc) is 2.24. The molecular weight excluding hydrogens is 180 g/mol. The third-order valence-corrected chi connectivity index (χ3v) is 2.50. The van der Waals surface area contributed by atoms with Crippen LogP contribution in [0.2, 0.25) is 0 Å². The molecule has 0 aliphatic carbocycles. The lowest BCUT2D eigenvalue weighted by Crippen LogP contribution is -2.44. The third-order valence-electron chi connectivity index (χ3n) is 2.50. The molecule has 2 N–H and O–H groups in total. The Bertz CT molecular complexity index is 231. The number of nitrogens with zero attached hydrogens (tertiary/aromatic N) is 1. The predicted octanol–water partition coefficient (Wildman–Crippen LogP) is 0.813. The number of rotatable bonds is 5. The Morgan fingerprint density at radius 2 is 2.21 bits per heavy atom. The summed E-state index contributed by atoms with van der Waals surface area (Å²) in [6.45, 7) is 5.18. The molecule has 0 aliphatic rings. The monoisotopic (exact) mass is 198 g/mol. The summed E-state index contributed by atoms with van der Waals surface area (Å²) < 4.78 is 0. The molecule has 2 atom stereocenters. The van der Waals surface area contributed by atoms with Gasteiger partial charge >= 0.3 is 0 Å². The third kappa shape index (κ3) is 3.00. The van der Waals surface area contributed by atoms with E-state index in [1.807, 2.05) is 13.0 Å². The first-order chi connectivity index (χ1) is 6.53. The van der Waals surface area contributed by atoms with Crippen molar-refractivity contribution >= 4 is 5.91 Å². The molecule has 0 radical (unpaired) electrons. The number of amides is 1. The molecular formula is C10H18N2O2. The summed E-state index contributed by atoms with van der Waals surface area (Å²) in [6.07, 6.45) is 1.13. The zero-order chi connectivity index (χ0) is 11.2. The van der Waals surface area contributed by atoms with Crippen molar-refractivity contribution in [3.8, 4) is 6.07 Å². The normalized spacial score (nSPS) is 16.5. The molecule has 80 valence electrons. The van der Waals surface area contributed by atoms with Crippen molar-refractivity contribution in [1.82, 2.24) is 5.32 Å². The standard InChI is InChI=1S/C10H18N2O2/c1-4-8(6-13)12-9(14)10(3,5-2)7-11/h8,13H,4-6H2,1-3H3,(H,12,14)/t8-,10?/m0/s1. The Labute approximate surface area is 84.9 Å². The van der Waals surface area contributed by atoms with Gasteiger partial charge in [0.15, 0.2) is 0 Å². The van der Waals surface area contributed by atoms with Gasteiger partial charge in [-0.05, 0) is 19.8 Å². The van der Waals surface area contributed by atoms with Crippen molar-refractivity contribution in [2.45, 2.75) is 39.7 Å². The molecule has 0 bridgehead atoms. The van der Waals surface area contributed by atoms with Gasteiger partial charge in [0.05, 0.1) is 18.7 Å². The van der Waals surface area contributed by atoms with Crippen LogP contribution >= 0.6 is 0 Å². The van der Waals surface area contributed by atoms with Gasteiger partial charge in [0.2, 0.25) is 5.91 Å². The van der Waals surface area contributed by atoms with E-state index < -0.39 is 5.41 Å². The van der Waals surface area contributed by atoms with Gasteiger partial charge in [0.25, 0.3) is 0 Å². The number of hydrogen-bond donors (Lipinski definition) is 2. The van der Waals surface area contributed by atoms with Gasteiger partial charge in [-0.2, -0.15) is 5.26 Å².